The molecule has 2 aromatic carbocycles. The van der Waals surface area contributed by atoms with Gasteiger partial charge in [-0.05, 0) is 24.3 Å². The Morgan fingerprint density at radius 2 is 1.78 bits per heavy atom. The summed E-state index contributed by atoms with van der Waals surface area (Å²) in [5.74, 6) is 0.290. The molecule has 7 nitrogen and oxygen atoms in total. The number of hydrogen-bond donors (Lipinski definition) is 1. The average molecular weight is 423 g/mol. The second-order valence-electron chi connectivity index (χ2n) is 5.32. The molecule has 1 heterocycles. The van der Waals surface area contributed by atoms with Crippen molar-refractivity contribution in [3.63, 3.8) is 0 Å². The maximum Gasteiger partial charge on any atom is 0.276 e. The molecular weight excluding hydrogens is 411 g/mol. The Balaban J connectivity index is 2.09. The van der Waals surface area contributed by atoms with E-state index in [-0.39, 0.29) is 26.3 Å². The monoisotopic (exact) mass is 422 g/mol. The van der Waals surface area contributed by atoms with Crippen LogP contribution in [0.25, 0.3) is 11.3 Å². The van der Waals surface area contributed by atoms with Gasteiger partial charge in [0, 0.05) is 11.6 Å². The number of nitrogens with one attached hydrogen (secondary N) is 1. The van der Waals surface area contributed by atoms with Crippen LogP contribution in [-0.2, 0) is 10.0 Å². The number of halogens is 2. The Bertz CT molecular complexity index is 1120. The van der Waals surface area contributed by atoms with Crippen LogP contribution in [0.1, 0.15) is 5.69 Å². The summed E-state index contributed by atoms with van der Waals surface area (Å²) in [6, 6.07) is 14.2. The summed E-state index contributed by atoms with van der Waals surface area (Å²) >= 11 is 12.3. The van der Waals surface area contributed by atoms with Crippen LogP contribution in [-0.4, -0.2) is 25.4 Å². The molecular formula is C17H12Cl2N4O3S. The van der Waals surface area contributed by atoms with Crippen molar-refractivity contribution >= 4 is 33.2 Å². The number of nitriles is 1. The van der Waals surface area contributed by atoms with E-state index in [0.29, 0.717) is 11.3 Å². The lowest BCUT2D eigenvalue weighted by Crippen LogP contribution is -2.25. The first-order valence-corrected chi connectivity index (χ1v) is 9.71. The molecule has 138 valence electrons. The number of benzene rings is 2. The molecule has 3 aromatic rings. The highest BCUT2D eigenvalue weighted by Crippen LogP contribution is 2.37. The molecule has 0 saturated heterocycles. The maximum absolute atomic E-state index is 12.6. The first-order chi connectivity index (χ1) is 12.9. The van der Waals surface area contributed by atoms with Gasteiger partial charge in [-0.3, -0.25) is 0 Å². The van der Waals surface area contributed by atoms with Crippen molar-refractivity contribution in [2.45, 2.75) is 4.90 Å². The second-order valence-corrected chi connectivity index (χ2v) is 7.79. The van der Waals surface area contributed by atoms with Crippen LogP contribution < -0.4 is 9.57 Å². The van der Waals surface area contributed by atoms with E-state index in [4.69, 9.17) is 33.2 Å². The van der Waals surface area contributed by atoms with Crippen LogP contribution in [0.2, 0.25) is 10.0 Å². The number of hydrogen-bond acceptors (Lipinski definition) is 5. The summed E-state index contributed by atoms with van der Waals surface area (Å²) in [6.45, 7) is 0. The Kier molecular flexibility index (Phi) is 5.28. The summed E-state index contributed by atoms with van der Waals surface area (Å²) < 4.78 is 30.3. The average Bonchev–Trinajstić information content (AvgIpc) is 3.04. The van der Waals surface area contributed by atoms with Crippen molar-refractivity contribution in [2.75, 3.05) is 11.9 Å². The smallest absolute Gasteiger partial charge is 0.276 e. The lowest BCUT2D eigenvalue weighted by Gasteiger charge is -2.12. The minimum Gasteiger partial charge on any atom is -0.494 e. The summed E-state index contributed by atoms with van der Waals surface area (Å²) in [6.07, 6.45) is 0. The molecule has 0 spiro atoms. The van der Waals surface area contributed by atoms with Crippen molar-refractivity contribution in [1.82, 2.24) is 9.89 Å². The van der Waals surface area contributed by atoms with Gasteiger partial charge in [-0.2, -0.15) is 23.3 Å². The number of methoxy groups -OCH3 is 1. The van der Waals surface area contributed by atoms with Gasteiger partial charge in [-0.1, -0.05) is 41.4 Å². The molecule has 3 rings (SSSR count). The molecule has 0 bridgehead atoms. The van der Waals surface area contributed by atoms with Crippen LogP contribution in [0.4, 0.5) is 0 Å². The van der Waals surface area contributed by atoms with Crippen molar-refractivity contribution in [1.29, 1.82) is 5.26 Å². The van der Waals surface area contributed by atoms with E-state index in [1.807, 2.05) is 6.07 Å². The van der Waals surface area contributed by atoms with Crippen molar-refractivity contribution in [3.8, 4) is 23.1 Å². The summed E-state index contributed by atoms with van der Waals surface area (Å²) in [4.78, 5) is 3.38. The highest BCUT2D eigenvalue weighted by molar-refractivity contribution is 7.92. The zero-order chi connectivity index (χ0) is 19.6. The fraction of sp³-hybridized carbons (Fsp3) is 0.0588. The molecule has 0 aliphatic carbocycles. The maximum atomic E-state index is 12.6. The van der Waals surface area contributed by atoms with Crippen LogP contribution in [0.5, 0.6) is 5.75 Å². The Labute approximate surface area is 165 Å². The van der Waals surface area contributed by atoms with Crippen LogP contribution in [0.15, 0.2) is 53.4 Å². The molecule has 10 heteroatoms. The first-order valence-electron chi connectivity index (χ1n) is 7.47. The SMILES string of the molecule is COc1c(Cl)cc(-c2cc(C#N)nn2NS(=O)(=O)c2ccccc2)cc1Cl. The van der Waals surface area contributed by atoms with Crippen molar-refractivity contribution < 1.29 is 13.2 Å². The van der Waals surface area contributed by atoms with E-state index in [9.17, 15) is 8.42 Å². The molecule has 0 aliphatic rings. The van der Waals surface area contributed by atoms with Crippen LogP contribution >= 0.6 is 23.2 Å². The van der Waals surface area contributed by atoms with E-state index in [0.717, 1.165) is 4.79 Å². The topological polar surface area (TPSA) is 97.0 Å². The van der Waals surface area contributed by atoms with E-state index in [1.54, 1.807) is 18.2 Å². The molecule has 0 radical (unpaired) electrons. The highest BCUT2D eigenvalue weighted by Gasteiger charge is 2.20. The number of rotatable bonds is 5. The van der Waals surface area contributed by atoms with Gasteiger partial charge in [0.05, 0.1) is 27.7 Å². The van der Waals surface area contributed by atoms with Crippen LogP contribution in [0, 0.1) is 11.3 Å². The van der Waals surface area contributed by atoms with Gasteiger partial charge >= 0.3 is 0 Å². The second kappa shape index (κ2) is 7.48. The fourth-order valence-corrected chi connectivity index (χ4v) is 4.01. The number of ether oxygens (including phenoxy) is 1. The number of nitrogens with zero attached hydrogens (tertiary/aromatic N) is 3. The third-order valence-electron chi connectivity index (χ3n) is 3.58. The lowest BCUT2D eigenvalue weighted by atomic mass is 10.1. The Morgan fingerprint density at radius 1 is 1.15 bits per heavy atom. The molecule has 0 aliphatic heterocycles. The lowest BCUT2D eigenvalue weighted by molar-refractivity contribution is 0.415. The van der Waals surface area contributed by atoms with Gasteiger partial charge in [-0.25, -0.2) is 0 Å². The summed E-state index contributed by atoms with van der Waals surface area (Å²) in [5.41, 5.74) is 0.761. The van der Waals surface area contributed by atoms with Crippen molar-refractivity contribution in [2.24, 2.45) is 0 Å². The van der Waals surface area contributed by atoms with Crippen LogP contribution in [0.3, 0.4) is 0 Å². The number of aromatic nitrogens is 2. The molecule has 0 unspecified atom stereocenters. The fourth-order valence-electron chi connectivity index (χ4n) is 2.38. The van der Waals surface area contributed by atoms with Crippen molar-refractivity contribution in [3.05, 3.63) is 64.3 Å². The third-order valence-corrected chi connectivity index (χ3v) is 5.45. The summed E-state index contributed by atoms with van der Waals surface area (Å²) in [5, 5.41) is 13.6. The van der Waals surface area contributed by atoms with Gasteiger partial charge in [-0.15, -0.1) is 5.10 Å². The predicted octanol–water partition coefficient (Wildman–Crippen LogP) is 3.67. The van der Waals surface area contributed by atoms with Gasteiger partial charge in [0.2, 0.25) is 0 Å². The van der Waals surface area contributed by atoms with Gasteiger partial charge in [0.1, 0.15) is 6.07 Å². The Morgan fingerprint density at radius 3 is 2.33 bits per heavy atom. The number of sulfonamides is 1. The quantitative estimate of drug-likeness (QED) is 0.676. The van der Waals surface area contributed by atoms with Gasteiger partial charge < -0.3 is 4.74 Å². The normalized spacial score (nSPS) is 11.0. The summed E-state index contributed by atoms with van der Waals surface area (Å²) in [7, 11) is -2.49. The molecule has 1 aromatic heterocycles. The molecule has 0 amide bonds. The van der Waals surface area contributed by atoms with Gasteiger partial charge in [0.15, 0.2) is 11.4 Å². The van der Waals surface area contributed by atoms with E-state index < -0.39 is 10.0 Å². The largest absolute Gasteiger partial charge is 0.494 e. The molecule has 0 saturated carbocycles. The van der Waals surface area contributed by atoms with E-state index >= 15 is 0 Å². The minimum atomic E-state index is -3.92. The minimum absolute atomic E-state index is 0.0174. The molecule has 1 N–H and O–H groups in total. The zero-order valence-corrected chi connectivity index (χ0v) is 16.2. The van der Waals surface area contributed by atoms with Gasteiger partial charge in [0.25, 0.3) is 10.0 Å². The molecule has 0 fully saturated rings. The highest BCUT2D eigenvalue weighted by atomic mass is 35.5. The molecule has 0 atom stereocenters. The zero-order valence-electron chi connectivity index (χ0n) is 13.8. The predicted molar refractivity (Wildman–Crippen MR) is 102 cm³/mol. The first kappa shape index (κ1) is 19.0. The Hall–Kier alpha value is -2.73. The standard InChI is InChI=1S/C17H12Cl2N4O3S/c1-26-17-14(18)7-11(8-15(17)19)16-9-12(10-20)21-23(16)22-27(24,25)13-5-3-2-4-6-13/h2-9,22H,1H3. The van der Waals surface area contributed by atoms with E-state index in [1.165, 1.54) is 37.4 Å². The third kappa shape index (κ3) is 3.85. The molecule has 27 heavy (non-hydrogen) atoms. The van der Waals surface area contributed by atoms with E-state index in [2.05, 4.69) is 9.93 Å².